The van der Waals surface area contributed by atoms with Gasteiger partial charge in [-0.05, 0) is 37.7 Å². The number of aliphatic carboxylic acids is 1. The van der Waals surface area contributed by atoms with Crippen LogP contribution < -0.4 is 9.47 Å². The van der Waals surface area contributed by atoms with Crippen molar-refractivity contribution in [1.82, 2.24) is 4.90 Å². The number of nitrogens with zero attached hydrogens (tertiary/aromatic N) is 1. The van der Waals surface area contributed by atoms with Gasteiger partial charge in [-0.2, -0.15) is 0 Å². The molecule has 118 valence electrons. The van der Waals surface area contributed by atoms with E-state index in [-0.39, 0.29) is 0 Å². The Hall–Kier alpha value is -1.75. The molecule has 0 fully saturated rings. The summed E-state index contributed by atoms with van der Waals surface area (Å²) >= 11 is 0. The normalized spacial score (nSPS) is 13.8. The minimum Gasteiger partial charge on any atom is -0.493 e. The number of benzene rings is 1. The monoisotopic (exact) mass is 295 g/mol. The lowest BCUT2D eigenvalue weighted by molar-refractivity contribution is -0.150. The van der Waals surface area contributed by atoms with Crippen LogP contribution in [0.5, 0.6) is 11.5 Å². The van der Waals surface area contributed by atoms with Crippen LogP contribution in [-0.2, 0) is 11.2 Å². The molecule has 0 aliphatic carbocycles. The second-order valence-electron chi connectivity index (χ2n) is 5.12. The number of rotatable bonds is 8. The molecular weight excluding hydrogens is 270 g/mol. The minimum atomic E-state index is -0.941. The fourth-order valence-corrected chi connectivity index (χ4v) is 2.63. The van der Waals surface area contributed by atoms with Crippen LogP contribution in [0.3, 0.4) is 0 Å². The second kappa shape index (κ2) is 7.31. The molecule has 0 aliphatic rings. The maximum atomic E-state index is 11.8. The summed E-state index contributed by atoms with van der Waals surface area (Å²) < 4.78 is 10.5. The van der Waals surface area contributed by atoms with Crippen LogP contribution in [0, 0.1) is 0 Å². The summed E-state index contributed by atoms with van der Waals surface area (Å²) in [7, 11) is 3.15. The van der Waals surface area contributed by atoms with E-state index in [1.165, 1.54) is 0 Å². The highest BCUT2D eigenvalue weighted by Gasteiger charge is 2.38. The lowest BCUT2D eigenvalue weighted by Crippen LogP contribution is -2.53. The molecule has 0 aliphatic heterocycles. The summed E-state index contributed by atoms with van der Waals surface area (Å²) in [5.74, 6) is 0.435. The van der Waals surface area contributed by atoms with Gasteiger partial charge in [0, 0.05) is 6.42 Å². The number of likely N-dealkylation sites (N-methyl/N-ethyl adjacent to an activating group) is 1. The third-order valence-corrected chi connectivity index (χ3v) is 3.92. The van der Waals surface area contributed by atoms with Crippen molar-refractivity contribution in [3.05, 3.63) is 23.8 Å². The van der Waals surface area contributed by atoms with Crippen molar-refractivity contribution < 1.29 is 19.4 Å². The highest BCUT2D eigenvalue weighted by atomic mass is 16.5. The molecule has 5 nitrogen and oxygen atoms in total. The van der Waals surface area contributed by atoms with E-state index in [1.54, 1.807) is 27.2 Å². The quantitative estimate of drug-likeness (QED) is 0.798. The number of ether oxygens (including phenoxy) is 2. The highest BCUT2D eigenvalue weighted by Crippen LogP contribution is 2.30. The molecule has 0 bridgehead atoms. The van der Waals surface area contributed by atoms with E-state index in [9.17, 15) is 9.90 Å². The van der Waals surface area contributed by atoms with E-state index in [1.807, 2.05) is 30.9 Å². The smallest absolute Gasteiger partial charge is 0.324 e. The van der Waals surface area contributed by atoms with Gasteiger partial charge in [-0.1, -0.05) is 19.9 Å². The Morgan fingerprint density at radius 3 is 2.19 bits per heavy atom. The van der Waals surface area contributed by atoms with Crippen LogP contribution in [0.1, 0.15) is 26.3 Å². The topological polar surface area (TPSA) is 59.0 Å². The molecule has 0 aromatic heterocycles. The molecule has 21 heavy (non-hydrogen) atoms. The maximum absolute atomic E-state index is 11.8. The standard InChI is InChI=1S/C16H25NO4/c1-6-17(7-2)16(3,15(18)19)11-12-8-9-13(20-4)14(10-12)21-5/h8-10H,6-7,11H2,1-5H3,(H,18,19). The van der Waals surface area contributed by atoms with E-state index < -0.39 is 11.5 Å². The molecule has 0 heterocycles. The average molecular weight is 295 g/mol. The molecular formula is C16H25NO4. The first-order chi connectivity index (χ1) is 9.92. The Morgan fingerprint density at radius 1 is 1.19 bits per heavy atom. The molecule has 0 saturated carbocycles. The van der Waals surface area contributed by atoms with Gasteiger partial charge in [0.05, 0.1) is 14.2 Å². The Kier molecular flexibility index (Phi) is 6.03. The molecule has 5 heteroatoms. The van der Waals surface area contributed by atoms with Gasteiger partial charge in [-0.25, -0.2) is 0 Å². The molecule has 1 N–H and O–H groups in total. The van der Waals surface area contributed by atoms with Crippen molar-refractivity contribution in [2.75, 3.05) is 27.3 Å². The first kappa shape index (κ1) is 17.3. The predicted molar refractivity (Wildman–Crippen MR) is 82.2 cm³/mol. The highest BCUT2D eigenvalue weighted by molar-refractivity contribution is 5.78. The number of carbonyl (C=O) groups is 1. The van der Waals surface area contributed by atoms with Gasteiger partial charge in [0.2, 0.25) is 0 Å². The van der Waals surface area contributed by atoms with Crippen LogP contribution >= 0.6 is 0 Å². The van der Waals surface area contributed by atoms with Crippen LogP contribution in [0.25, 0.3) is 0 Å². The zero-order chi connectivity index (χ0) is 16.0. The van der Waals surface area contributed by atoms with E-state index >= 15 is 0 Å². The third kappa shape index (κ3) is 3.67. The summed E-state index contributed by atoms with van der Waals surface area (Å²) in [4.78, 5) is 13.7. The summed E-state index contributed by atoms with van der Waals surface area (Å²) in [5.41, 5.74) is -0.0345. The Morgan fingerprint density at radius 2 is 1.76 bits per heavy atom. The van der Waals surface area contributed by atoms with Crippen LogP contribution in [0.2, 0.25) is 0 Å². The van der Waals surface area contributed by atoms with Crippen molar-refractivity contribution in [3.63, 3.8) is 0 Å². The Balaban J connectivity index is 3.13. The first-order valence-electron chi connectivity index (χ1n) is 7.12. The van der Waals surface area contributed by atoms with Gasteiger partial charge in [0.15, 0.2) is 11.5 Å². The van der Waals surface area contributed by atoms with Gasteiger partial charge in [0.1, 0.15) is 5.54 Å². The fourth-order valence-electron chi connectivity index (χ4n) is 2.63. The molecule has 0 radical (unpaired) electrons. The van der Waals surface area contributed by atoms with Crippen molar-refractivity contribution >= 4 is 5.97 Å². The number of methoxy groups -OCH3 is 2. The molecule has 0 saturated heterocycles. The fraction of sp³-hybridized carbons (Fsp3) is 0.562. The largest absolute Gasteiger partial charge is 0.493 e. The van der Waals surface area contributed by atoms with Crippen molar-refractivity contribution in [2.45, 2.75) is 32.7 Å². The minimum absolute atomic E-state index is 0.407. The van der Waals surface area contributed by atoms with E-state index in [4.69, 9.17) is 9.47 Å². The number of carboxylic acids is 1. The zero-order valence-electron chi connectivity index (χ0n) is 13.5. The summed E-state index contributed by atoms with van der Waals surface area (Å²) in [5, 5.41) is 9.66. The van der Waals surface area contributed by atoms with E-state index in [2.05, 4.69) is 0 Å². The summed E-state index contributed by atoms with van der Waals surface area (Å²) in [6.07, 6.45) is 0.407. The SMILES string of the molecule is CCN(CC)C(C)(Cc1ccc(OC)c(OC)c1)C(=O)O. The second-order valence-corrected chi connectivity index (χ2v) is 5.12. The summed E-state index contributed by atoms with van der Waals surface area (Å²) in [6.45, 7) is 7.08. The van der Waals surface area contributed by atoms with Crippen LogP contribution in [0.4, 0.5) is 0 Å². The van der Waals surface area contributed by atoms with Gasteiger partial charge >= 0.3 is 5.97 Å². The Bertz CT molecular complexity index is 485. The molecule has 1 atom stereocenters. The zero-order valence-corrected chi connectivity index (χ0v) is 13.5. The molecule has 1 unspecified atom stereocenters. The number of hydrogen-bond donors (Lipinski definition) is 1. The van der Waals surface area contributed by atoms with E-state index in [0.29, 0.717) is 31.0 Å². The van der Waals surface area contributed by atoms with Gasteiger partial charge < -0.3 is 14.6 Å². The van der Waals surface area contributed by atoms with Gasteiger partial charge in [-0.15, -0.1) is 0 Å². The third-order valence-electron chi connectivity index (χ3n) is 3.92. The Labute approximate surface area is 126 Å². The van der Waals surface area contributed by atoms with E-state index in [0.717, 1.165) is 5.56 Å². The molecule has 0 amide bonds. The van der Waals surface area contributed by atoms with Crippen molar-refractivity contribution in [2.24, 2.45) is 0 Å². The molecule has 1 aromatic rings. The lowest BCUT2D eigenvalue weighted by Gasteiger charge is -2.36. The average Bonchev–Trinajstić information content (AvgIpc) is 2.48. The van der Waals surface area contributed by atoms with Crippen molar-refractivity contribution in [1.29, 1.82) is 0 Å². The molecule has 0 spiro atoms. The summed E-state index contributed by atoms with van der Waals surface area (Å²) in [6, 6.07) is 5.52. The van der Waals surface area contributed by atoms with Crippen LogP contribution in [0.15, 0.2) is 18.2 Å². The molecule has 1 aromatic carbocycles. The maximum Gasteiger partial charge on any atom is 0.324 e. The predicted octanol–water partition coefficient (Wildman–Crippen LogP) is 2.43. The van der Waals surface area contributed by atoms with Crippen LogP contribution in [-0.4, -0.2) is 48.8 Å². The lowest BCUT2D eigenvalue weighted by atomic mass is 9.90. The first-order valence-corrected chi connectivity index (χ1v) is 7.12. The number of hydrogen-bond acceptors (Lipinski definition) is 4. The van der Waals surface area contributed by atoms with Gasteiger partial charge in [-0.3, -0.25) is 9.69 Å². The molecule has 1 rings (SSSR count). The van der Waals surface area contributed by atoms with Crippen molar-refractivity contribution in [3.8, 4) is 11.5 Å². The number of carboxylic acid groups (broad SMARTS) is 1. The van der Waals surface area contributed by atoms with Gasteiger partial charge in [0.25, 0.3) is 0 Å².